The van der Waals surface area contributed by atoms with Gasteiger partial charge >= 0.3 is 0 Å². The van der Waals surface area contributed by atoms with Gasteiger partial charge in [-0.05, 0) is 6.07 Å². The summed E-state index contributed by atoms with van der Waals surface area (Å²) in [6.07, 6.45) is 1.42. The van der Waals surface area contributed by atoms with Gasteiger partial charge in [-0.15, -0.1) is 0 Å². The van der Waals surface area contributed by atoms with Crippen LogP contribution in [-0.4, -0.2) is 10.8 Å². The van der Waals surface area contributed by atoms with Gasteiger partial charge in [0.1, 0.15) is 0 Å². The molecule has 0 spiro atoms. The van der Waals surface area contributed by atoms with Gasteiger partial charge in [-0.1, -0.05) is 0 Å². The number of nitrogens with zero attached hydrogens (tertiary/aromatic N) is 2. The first-order valence-electron chi connectivity index (χ1n) is 3.79. The Morgan fingerprint density at radius 3 is 2.80 bits per heavy atom. The molecule has 7 heteroatoms. The van der Waals surface area contributed by atoms with Gasteiger partial charge in [0.15, 0.2) is 6.19 Å². The fourth-order valence-corrected chi connectivity index (χ4v) is 0.973. The van der Waals surface area contributed by atoms with E-state index in [-0.39, 0.29) is 16.9 Å². The first-order chi connectivity index (χ1) is 7.06. The van der Waals surface area contributed by atoms with Gasteiger partial charge in [0, 0.05) is 17.8 Å². The normalized spacial score (nSPS) is 9.00. The Morgan fingerprint density at radius 2 is 2.27 bits per heavy atom. The molecular formula is C8H6N4O3. The highest BCUT2D eigenvalue weighted by Gasteiger charge is 2.14. The zero-order valence-corrected chi connectivity index (χ0v) is 7.43. The van der Waals surface area contributed by atoms with Crippen molar-refractivity contribution in [2.45, 2.75) is 0 Å². The van der Waals surface area contributed by atoms with Crippen LogP contribution in [0.2, 0.25) is 0 Å². The lowest BCUT2D eigenvalue weighted by Crippen LogP contribution is -2.19. The first-order valence-corrected chi connectivity index (χ1v) is 3.79. The molecule has 0 aliphatic heterocycles. The molecule has 0 saturated heterocycles. The number of nitro benzene ring substituents is 1. The van der Waals surface area contributed by atoms with E-state index in [4.69, 9.17) is 11.0 Å². The first kappa shape index (κ1) is 10.5. The molecule has 0 fully saturated rings. The van der Waals surface area contributed by atoms with Crippen molar-refractivity contribution in [2.24, 2.45) is 0 Å². The standard InChI is InChI=1S/C8H6N4O3/c9-4-11-8(13)6-3-5(12(14)15)1-2-7(6)10/h1-3H,10H2,(H,11,13). The molecular weight excluding hydrogens is 200 g/mol. The summed E-state index contributed by atoms with van der Waals surface area (Å²) in [5, 5.41) is 20.5. The number of anilines is 1. The Morgan fingerprint density at radius 1 is 1.60 bits per heavy atom. The minimum absolute atomic E-state index is 0.0772. The summed E-state index contributed by atoms with van der Waals surface area (Å²) in [5.41, 5.74) is 5.16. The van der Waals surface area contributed by atoms with Crippen molar-refractivity contribution in [3.05, 3.63) is 33.9 Å². The Kier molecular flexibility index (Phi) is 2.83. The van der Waals surface area contributed by atoms with Crippen molar-refractivity contribution in [3.8, 4) is 6.19 Å². The zero-order valence-electron chi connectivity index (χ0n) is 7.43. The molecule has 0 unspecified atom stereocenters. The Labute approximate surface area is 84.3 Å². The molecule has 1 aromatic carbocycles. The number of non-ortho nitro benzene ring substituents is 1. The summed E-state index contributed by atoms with van der Waals surface area (Å²) < 4.78 is 0. The smallest absolute Gasteiger partial charge is 0.270 e. The second-order valence-electron chi connectivity index (χ2n) is 2.59. The maximum Gasteiger partial charge on any atom is 0.270 e. The highest BCUT2D eigenvalue weighted by Crippen LogP contribution is 2.19. The van der Waals surface area contributed by atoms with E-state index < -0.39 is 10.8 Å². The molecule has 1 aromatic rings. The van der Waals surface area contributed by atoms with Crippen LogP contribution < -0.4 is 11.1 Å². The molecule has 0 saturated carbocycles. The number of nitrogens with two attached hydrogens (primary N) is 1. The Hall–Kier alpha value is -2.62. The predicted molar refractivity (Wildman–Crippen MR) is 50.6 cm³/mol. The van der Waals surface area contributed by atoms with E-state index in [0.717, 1.165) is 6.07 Å². The number of carbonyl (C=O) groups excluding carboxylic acids is 1. The monoisotopic (exact) mass is 206 g/mol. The van der Waals surface area contributed by atoms with E-state index in [1.165, 1.54) is 18.3 Å². The lowest BCUT2D eigenvalue weighted by atomic mass is 10.1. The maximum absolute atomic E-state index is 11.2. The fraction of sp³-hybridized carbons (Fsp3) is 0. The minimum Gasteiger partial charge on any atom is -0.398 e. The lowest BCUT2D eigenvalue weighted by molar-refractivity contribution is -0.384. The average Bonchev–Trinajstić information content (AvgIpc) is 2.18. The van der Waals surface area contributed by atoms with Gasteiger partial charge in [0.05, 0.1) is 10.5 Å². The van der Waals surface area contributed by atoms with Gasteiger partial charge < -0.3 is 5.73 Å². The summed E-state index contributed by atoms with van der Waals surface area (Å²) >= 11 is 0. The largest absolute Gasteiger partial charge is 0.398 e. The van der Waals surface area contributed by atoms with Gasteiger partial charge in [-0.3, -0.25) is 20.2 Å². The SMILES string of the molecule is N#CNC(=O)c1cc([N+](=O)[O-])ccc1N. The zero-order chi connectivity index (χ0) is 11.4. The molecule has 7 nitrogen and oxygen atoms in total. The van der Waals surface area contributed by atoms with Crippen molar-refractivity contribution in [1.82, 2.24) is 5.32 Å². The second kappa shape index (κ2) is 4.06. The van der Waals surface area contributed by atoms with Gasteiger partial charge in [0.25, 0.3) is 11.6 Å². The molecule has 0 aromatic heterocycles. The van der Waals surface area contributed by atoms with Crippen molar-refractivity contribution in [1.29, 1.82) is 5.26 Å². The summed E-state index contributed by atoms with van der Waals surface area (Å²) in [5.74, 6) is -0.765. The third-order valence-corrected chi connectivity index (χ3v) is 1.66. The number of carbonyl (C=O) groups is 1. The minimum atomic E-state index is -0.765. The Bertz CT molecular complexity index is 463. The van der Waals surface area contributed by atoms with Gasteiger partial charge in [0.2, 0.25) is 0 Å². The van der Waals surface area contributed by atoms with Crippen LogP contribution in [0.15, 0.2) is 18.2 Å². The van der Waals surface area contributed by atoms with Gasteiger partial charge in [-0.25, -0.2) is 0 Å². The van der Waals surface area contributed by atoms with Crippen LogP contribution in [0.1, 0.15) is 10.4 Å². The summed E-state index contributed by atoms with van der Waals surface area (Å²) in [7, 11) is 0. The van der Waals surface area contributed by atoms with E-state index >= 15 is 0 Å². The van der Waals surface area contributed by atoms with E-state index in [1.807, 2.05) is 5.32 Å². The van der Waals surface area contributed by atoms with Crippen LogP contribution in [0.3, 0.4) is 0 Å². The number of nitro groups is 1. The topological polar surface area (TPSA) is 122 Å². The van der Waals surface area contributed by atoms with Crippen LogP contribution in [0.5, 0.6) is 0 Å². The quantitative estimate of drug-likeness (QED) is 0.238. The summed E-state index contributed by atoms with van der Waals surface area (Å²) in [6.45, 7) is 0. The van der Waals surface area contributed by atoms with Crippen LogP contribution in [0.25, 0.3) is 0 Å². The number of nitrogens with one attached hydrogen (secondary N) is 1. The van der Waals surface area contributed by atoms with Crippen LogP contribution >= 0.6 is 0 Å². The van der Waals surface area contributed by atoms with Crippen LogP contribution in [0.4, 0.5) is 11.4 Å². The number of amides is 1. The highest BCUT2D eigenvalue weighted by molar-refractivity contribution is 6.00. The third-order valence-electron chi connectivity index (χ3n) is 1.66. The Balaban J connectivity index is 3.17. The van der Waals surface area contributed by atoms with Crippen molar-refractivity contribution in [3.63, 3.8) is 0 Å². The van der Waals surface area contributed by atoms with E-state index in [1.54, 1.807) is 0 Å². The highest BCUT2D eigenvalue weighted by atomic mass is 16.6. The molecule has 76 valence electrons. The molecule has 0 aliphatic carbocycles. The molecule has 1 amide bonds. The summed E-state index contributed by atoms with van der Waals surface area (Å²) in [6, 6.07) is 3.44. The number of hydrogen-bond donors (Lipinski definition) is 2. The van der Waals surface area contributed by atoms with E-state index in [2.05, 4.69) is 0 Å². The number of benzene rings is 1. The molecule has 0 bridgehead atoms. The van der Waals surface area contributed by atoms with Gasteiger partial charge in [-0.2, -0.15) is 5.26 Å². The molecule has 0 heterocycles. The number of hydrogen-bond acceptors (Lipinski definition) is 5. The van der Waals surface area contributed by atoms with Crippen molar-refractivity contribution < 1.29 is 9.72 Å². The fourth-order valence-electron chi connectivity index (χ4n) is 0.973. The average molecular weight is 206 g/mol. The number of rotatable bonds is 2. The number of nitriles is 1. The molecule has 0 atom stereocenters. The lowest BCUT2D eigenvalue weighted by Gasteiger charge is -2.01. The molecule has 0 radical (unpaired) electrons. The number of nitrogen functional groups attached to an aromatic ring is 1. The molecule has 0 aliphatic rings. The second-order valence-corrected chi connectivity index (χ2v) is 2.59. The van der Waals surface area contributed by atoms with Crippen LogP contribution in [0, 0.1) is 21.6 Å². The summed E-state index contributed by atoms with van der Waals surface area (Å²) in [4.78, 5) is 21.0. The third kappa shape index (κ3) is 2.19. The van der Waals surface area contributed by atoms with Crippen LogP contribution in [-0.2, 0) is 0 Å². The molecule has 3 N–H and O–H groups in total. The maximum atomic E-state index is 11.2. The van der Waals surface area contributed by atoms with Crippen molar-refractivity contribution >= 4 is 17.3 Å². The van der Waals surface area contributed by atoms with Crippen molar-refractivity contribution in [2.75, 3.05) is 5.73 Å². The predicted octanol–water partition coefficient (Wildman–Crippen LogP) is 0.388. The van der Waals surface area contributed by atoms with E-state index in [9.17, 15) is 14.9 Å². The molecule has 15 heavy (non-hydrogen) atoms. The molecule has 1 rings (SSSR count). The van der Waals surface area contributed by atoms with E-state index in [0.29, 0.717) is 0 Å².